The topological polar surface area (TPSA) is 32.3 Å². The Kier molecular flexibility index (Phi) is 3.50. The van der Waals surface area contributed by atoms with Crippen molar-refractivity contribution in [1.82, 2.24) is 10.2 Å². The van der Waals surface area contributed by atoms with Gasteiger partial charge in [0.1, 0.15) is 0 Å². The molecule has 1 aromatic carbocycles. The van der Waals surface area contributed by atoms with Crippen LogP contribution in [0, 0.1) is 5.92 Å². The summed E-state index contributed by atoms with van der Waals surface area (Å²) in [6.07, 6.45) is 0.944. The van der Waals surface area contributed by atoms with Gasteiger partial charge in [-0.25, -0.2) is 0 Å². The molecule has 1 amide bonds. The van der Waals surface area contributed by atoms with Crippen LogP contribution in [-0.4, -0.2) is 36.5 Å². The Balaban J connectivity index is 1.69. The van der Waals surface area contributed by atoms with Gasteiger partial charge in [-0.05, 0) is 30.9 Å². The van der Waals surface area contributed by atoms with Gasteiger partial charge in [-0.15, -0.1) is 0 Å². The molecule has 3 rings (SSSR count). The number of rotatable bonds is 2. The second kappa shape index (κ2) is 5.14. The zero-order chi connectivity index (χ0) is 13.4. The first-order valence-electron chi connectivity index (χ1n) is 6.94. The van der Waals surface area contributed by atoms with Gasteiger partial charge in [0.25, 0.3) is 0 Å². The minimum atomic E-state index is 0.139. The molecule has 2 unspecified atom stereocenters. The highest BCUT2D eigenvalue weighted by Crippen LogP contribution is 2.50. The average Bonchev–Trinajstić information content (AvgIpc) is 3.19. The maximum atomic E-state index is 12.5. The lowest BCUT2D eigenvalue weighted by molar-refractivity contribution is -0.135. The maximum absolute atomic E-state index is 12.5. The smallest absolute Gasteiger partial charge is 0.226 e. The lowest BCUT2D eigenvalue weighted by Crippen LogP contribution is -2.52. The van der Waals surface area contributed by atoms with Crippen LogP contribution in [-0.2, 0) is 4.79 Å². The Bertz CT molecular complexity index is 491. The molecule has 2 fully saturated rings. The first kappa shape index (κ1) is 12.9. The molecule has 0 bridgehead atoms. The number of hydrogen-bond donors (Lipinski definition) is 1. The number of amides is 1. The molecule has 19 heavy (non-hydrogen) atoms. The summed E-state index contributed by atoms with van der Waals surface area (Å²) in [6, 6.07) is 8.18. The third-order valence-electron chi connectivity index (χ3n) is 4.20. The normalized spacial score (nSPS) is 30.2. The molecule has 4 heteroatoms. The molecule has 0 spiro atoms. The second-order valence-corrected chi connectivity index (χ2v) is 5.96. The summed E-state index contributed by atoms with van der Waals surface area (Å²) in [5.74, 6) is 0.766. The van der Waals surface area contributed by atoms with E-state index in [-0.39, 0.29) is 5.92 Å². The number of piperazine rings is 1. The van der Waals surface area contributed by atoms with Crippen molar-refractivity contribution in [3.63, 3.8) is 0 Å². The molecular formula is C15H19ClN2O. The number of hydrogen-bond acceptors (Lipinski definition) is 2. The Morgan fingerprint density at radius 2 is 2.21 bits per heavy atom. The van der Waals surface area contributed by atoms with Crippen LogP contribution < -0.4 is 5.32 Å². The average molecular weight is 279 g/mol. The molecule has 0 aromatic heterocycles. The predicted octanol–water partition coefficient (Wildman–Crippen LogP) is 2.26. The summed E-state index contributed by atoms with van der Waals surface area (Å²) in [4.78, 5) is 14.5. The molecule has 3 nitrogen and oxygen atoms in total. The number of halogens is 1. The summed E-state index contributed by atoms with van der Waals surface area (Å²) >= 11 is 6.21. The van der Waals surface area contributed by atoms with Gasteiger partial charge in [-0.2, -0.15) is 0 Å². The molecule has 2 aliphatic rings. The molecule has 1 saturated carbocycles. The number of carbonyl (C=O) groups excluding carboxylic acids is 1. The van der Waals surface area contributed by atoms with E-state index in [1.807, 2.05) is 29.2 Å². The zero-order valence-corrected chi connectivity index (χ0v) is 11.9. The van der Waals surface area contributed by atoms with Crippen LogP contribution in [0.4, 0.5) is 0 Å². The number of carbonyl (C=O) groups is 1. The Hall–Kier alpha value is -1.06. The van der Waals surface area contributed by atoms with E-state index in [0.29, 0.717) is 17.9 Å². The lowest BCUT2D eigenvalue weighted by Gasteiger charge is -2.34. The van der Waals surface area contributed by atoms with Crippen LogP contribution in [0.1, 0.15) is 24.8 Å². The van der Waals surface area contributed by atoms with Crippen molar-refractivity contribution in [3.8, 4) is 0 Å². The Labute approximate surface area is 118 Å². The van der Waals surface area contributed by atoms with E-state index in [4.69, 9.17) is 11.6 Å². The monoisotopic (exact) mass is 278 g/mol. The fraction of sp³-hybridized carbons (Fsp3) is 0.533. The van der Waals surface area contributed by atoms with Gasteiger partial charge in [-0.1, -0.05) is 29.8 Å². The van der Waals surface area contributed by atoms with Gasteiger partial charge in [0.2, 0.25) is 5.91 Å². The van der Waals surface area contributed by atoms with Gasteiger partial charge in [-0.3, -0.25) is 4.79 Å². The van der Waals surface area contributed by atoms with Gasteiger partial charge < -0.3 is 10.2 Å². The quantitative estimate of drug-likeness (QED) is 0.900. The molecule has 3 atom stereocenters. The van der Waals surface area contributed by atoms with Crippen LogP contribution in [0.2, 0.25) is 5.02 Å². The molecule has 1 N–H and O–H groups in total. The van der Waals surface area contributed by atoms with E-state index in [1.165, 1.54) is 0 Å². The summed E-state index contributed by atoms with van der Waals surface area (Å²) in [5.41, 5.74) is 1.13. The molecule has 1 aliphatic heterocycles. The standard InChI is InChI=1S/C15H19ClN2O/c1-10-9-17-6-7-18(10)15(19)13-8-12(13)11-4-2-3-5-14(11)16/h2-5,10,12-13,17H,6-9H2,1H3/t10-,12?,13?/m1/s1. The summed E-state index contributed by atoms with van der Waals surface area (Å²) in [6.45, 7) is 4.73. The van der Waals surface area contributed by atoms with E-state index >= 15 is 0 Å². The highest BCUT2D eigenvalue weighted by atomic mass is 35.5. The molecule has 1 aliphatic carbocycles. The van der Waals surface area contributed by atoms with E-state index < -0.39 is 0 Å². The molecule has 0 radical (unpaired) electrons. The van der Waals surface area contributed by atoms with Crippen LogP contribution in [0.25, 0.3) is 0 Å². The third-order valence-corrected chi connectivity index (χ3v) is 4.54. The SMILES string of the molecule is C[C@@H]1CNCCN1C(=O)C1CC1c1ccccc1Cl. The Morgan fingerprint density at radius 3 is 2.95 bits per heavy atom. The predicted molar refractivity (Wildman–Crippen MR) is 76.3 cm³/mol. The van der Waals surface area contributed by atoms with Crippen LogP contribution in [0.5, 0.6) is 0 Å². The second-order valence-electron chi connectivity index (χ2n) is 5.55. The lowest BCUT2D eigenvalue weighted by atomic mass is 10.1. The molecular weight excluding hydrogens is 260 g/mol. The van der Waals surface area contributed by atoms with Gasteiger partial charge >= 0.3 is 0 Å². The third kappa shape index (κ3) is 2.49. The van der Waals surface area contributed by atoms with Crippen molar-refractivity contribution in [2.75, 3.05) is 19.6 Å². The fourth-order valence-electron chi connectivity index (χ4n) is 2.97. The van der Waals surface area contributed by atoms with E-state index in [9.17, 15) is 4.79 Å². The van der Waals surface area contributed by atoms with E-state index in [1.54, 1.807) is 0 Å². The maximum Gasteiger partial charge on any atom is 0.226 e. The molecule has 1 heterocycles. The van der Waals surface area contributed by atoms with Crippen molar-refractivity contribution >= 4 is 17.5 Å². The highest BCUT2D eigenvalue weighted by Gasteiger charge is 2.47. The van der Waals surface area contributed by atoms with Crippen molar-refractivity contribution in [2.24, 2.45) is 5.92 Å². The first-order valence-corrected chi connectivity index (χ1v) is 7.32. The number of benzene rings is 1. The van der Waals surface area contributed by atoms with E-state index in [0.717, 1.165) is 36.6 Å². The van der Waals surface area contributed by atoms with Crippen molar-refractivity contribution in [2.45, 2.75) is 25.3 Å². The van der Waals surface area contributed by atoms with Crippen LogP contribution >= 0.6 is 11.6 Å². The van der Waals surface area contributed by atoms with E-state index in [2.05, 4.69) is 12.2 Å². The molecule has 102 valence electrons. The van der Waals surface area contributed by atoms with Crippen LogP contribution in [0.15, 0.2) is 24.3 Å². The first-order chi connectivity index (χ1) is 9.18. The van der Waals surface area contributed by atoms with Crippen LogP contribution in [0.3, 0.4) is 0 Å². The largest absolute Gasteiger partial charge is 0.337 e. The Morgan fingerprint density at radius 1 is 1.42 bits per heavy atom. The summed E-state index contributed by atoms with van der Waals surface area (Å²) in [7, 11) is 0. The number of nitrogens with one attached hydrogen (secondary N) is 1. The van der Waals surface area contributed by atoms with Gasteiger partial charge in [0.05, 0.1) is 0 Å². The molecule has 1 aromatic rings. The van der Waals surface area contributed by atoms with Crippen molar-refractivity contribution in [3.05, 3.63) is 34.9 Å². The summed E-state index contributed by atoms with van der Waals surface area (Å²) in [5, 5.41) is 4.10. The number of nitrogens with zero attached hydrogens (tertiary/aromatic N) is 1. The minimum absolute atomic E-state index is 0.139. The van der Waals surface area contributed by atoms with Gasteiger partial charge in [0.15, 0.2) is 0 Å². The highest BCUT2D eigenvalue weighted by molar-refractivity contribution is 6.31. The molecule has 1 saturated heterocycles. The summed E-state index contributed by atoms with van der Waals surface area (Å²) < 4.78 is 0. The van der Waals surface area contributed by atoms with Gasteiger partial charge in [0, 0.05) is 36.6 Å². The fourth-order valence-corrected chi connectivity index (χ4v) is 3.24. The minimum Gasteiger partial charge on any atom is -0.337 e. The zero-order valence-electron chi connectivity index (χ0n) is 11.1. The van der Waals surface area contributed by atoms with Crippen molar-refractivity contribution < 1.29 is 4.79 Å². The van der Waals surface area contributed by atoms with Crippen molar-refractivity contribution in [1.29, 1.82) is 0 Å².